The minimum absolute atomic E-state index is 0.0424. The van der Waals surface area contributed by atoms with Crippen molar-refractivity contribution in [1.82, 2.24) is 8.80 Å². The summed E-state index contributed by atoms with van der Waals surface area (Å²) in [6.45, 7) is 0. The Balaban J connectivity index is 0.993. The molecule has 4 heteroatoms. The van der Waals surface area contributed by atoms with E-state index in [2.05, 4.69) is 33.1 Å². The highest BCUT2D eigenvalue weighted by molar-refractivity contribution is 6.33. The van der Waals surface area contributed by atoms with Crippen molar-refractivity contribution >= 4 is 110 Å². The summed E-state index contributed by atoms with van der Waals surface area (Å²) in [7, 11) is 0. The summed E-state index contributed by atoms with van der Waals surface area (Å²) in [4.78, 5) is 2.35. The van der Waals surface area contributed by atoms with Crippen molar-refractivity contribution in [3.8, 4) is 22.3 Å². The second kappa shape index (κ2) is 18.6. The van der Waals surface area contributed by atoms with Crippen molar-refractivity contribution in [2.75, 3.05) is 9.80 Å². The van der Waals surface area contributed by atoms with Gasteiger partial charge in [0.15, 0.2) is 0 Å². The van der Waals surface area contributed by atoms with Gasteiger partial charge < -0.3 is 18.6 Å². The van der Waals surface area contributed by atoms with E-state index in [1.54, 1.807) is 24.3 Å². The summed E-state index contributed by atoms with van der Waals surface area (Å²) >= 11 is 0. The molecule has 15 aromatic rings. The van der Waals surface area contributed by atoms with E-state index in [1.165, 1.54) is 9.80 Å². The molecule has 6 saturated carbocycles. The highest BCUT2D eigenvalue weighted by Gasteiger charge is 2.45. The van der Waals surface area contributed by atoms with Crippen molar-refractivity contribution in [1.29, 1.82) is 0 Å². The molecule has 0 radical (unpaired) electrons. The van der Waals surface area contributed by atoms with E-state index in [0.717, 1.165) is 99.2 Å². The first kappa shape index (κ1) is 29.1. The average molecular weight is 1140 g/mol. The SMILES string of the molecule is [2H]c1c([2H])c([2H])c(-c2c([2H])c([2H])c([2H])c([2H])c2N(c2c([2H])c([2H])c([2H])c([2H])c2[2H])c2ccc3c4cc5c(cc4n4c6c(C78CCC(CC7)CC8)cccc6c2c34)c2ccc(N(c3c([2H])c([2H])c([2H])c([2H])c3[2H])c3c([2H])c([2H])c([2H])c([2H])c3-c3c([2H])c([2H])c([2H])c([2H])c3[2H])c3c4cccc(C67CCC(CC6)CC7)c4n5c23)c([2H])c1[2H]. The van der Waals surface area contributed by atoms with Crippen LogP contribution in [0.2, 0.25) is 0 Å². The lowest BCUT2D eigenvalue weighted by atomic mass is 9.58. The van der Waals surface area contributed by atoms with Crippen molar-refractivity contribution in [3.63, 3.8) is 0 Å². The molecule has 4 bridgehead atoms. The third kappa shape index (κ3) is 6.87. The fourth-order valence-electron chi connectivity index (χ4n) is 16.7. The van der Waals surface area contributed by atoms with Crippen LogP contribution in [0.25, 0.3) is 98.4 Å². The lowest BCUT2D eigenvalue weighted by Crippen LogP contribution is -2.37. The number of aromatic nitrogens is 2. The molecule has 4 aromatic heterocycles. The van der Waals surface area contributed by atoms with Crippen LogP contribution < -0.4 is 9.80 Å². The van der Waals surface area contributed by atoms with Crippen LogP contribution >= 0.6 is 0 Å². The van der Waals surface area contributed by atoms with E-state index in [9.17, 15) is 27.4 Å². The molecule has 0 unspecified atom stereocenters. The zero-order chi connectivity index (χ0) is 80.6. The number of hydrogen-bond acceptors (Lipinski definition) is 2. The first-order chi connectivity index (χ1) is 54.2. The van der Waals surface area contributed by atoms with E-state index in [0.29, 0.717) is 77.0 Å². The average Bonchev–Trinajstić information content (AvgIpc) is 1.50. The molecule has 0 N–H and O–H groups in total. The largest absolute Gasteiger partial charge is 0.309 e. The molecule has 0 amide bonds. The Morgan fingerprint density at radius 1 is 0.337 bits per heavy atom. The molecule has 6 aliphatic rings. The predicted molar refractivity (Wildman–Crippen MR) is 362 cm³/mol. The van der Waals surface area contributed by atoms with Gasteiger partial charge in [-0.25, -0.2) is 0 Å². The van der Waals surface area contributed by atoms with Crippen LogP contribution in [0.15, 0.2) is 242 Å². The molecule has 21 rings (SSSR count). The van der Waals surface area contributed by atoms with Crippen LogP contribution in [-0.4, -0.2) is 8.80 Å². The molecule has 11 aromatic carbocycles. The van der Waals surface area contributed by atoms with E-state index in [4.69, 9.17) is 11.0 Å². The maximum Gasteiger partial charge on any atom is 0.0645 e. The number of rotatable bonds is 10. The minimum Gasteiger partial charge on any atom is -0.309 e. The maximum atomic E-state index is 10.1. The molecule has 0 aliphatic heterocycles. The first-order valence-corrected chi connectivity index (χ1v) is 29.7. The molecule has 6 fully saturated rings. The fourth-order valence-corrected chi connectivity index (χ4v) is 16.7. The molecular formula is C82H66N4. The Labute approximate surface area is 541 Å². The predicted octanol–water partition coefficient (Wildman–Crippen LogP) is 22.7. The van der Waals surface area contributed by atoms with Gasteiger partial charge in [0.05, 0.1) is 94.2 Å². The third-order valence-corrected chi connectivity index (χ3v) is 20.5. The second-order valence-corrected chi connectivity index (χ2v) is 24.3. The molecule has 4 nitrogen and oxygen atoms in total. The van der Waals surface area contributed by atoms with E-state index >= 15 is 0 Å². The standard InChI is InChI=1S/C82H66N4/c1-5-19-55(20-6-1)59-27-13-15-33-69(59)83(57-23-9-3-10-24-57)71-37-35-61-65-51-74-66(52-73(65)85-77-63(75(71)79(61)85)29-17-31-67(77)81-45-39-53(40-46-81)41-47-81)62-36-38-72(84(58-25-11-4-12-26-58)70-34-16-14-28-60(70)56-21-7-2-8-22-56)76-64-30-18-32-68(78(64)86(74)80(62)76)82-48-42-54(43-49-82)44-50-82/h1-38,51-54H,39-50H2/i1D,2D,3D,4D,5D,6D,7D,8D,9D,10D,11D,12D,13D,14D,15D,16D,19D,20D,21D,22D,23D,24D,25D,26D,27D,28D,33D,34D. The first-order valence-electron chi connectivity index (χ1n) is 43.7. The maximum absolute atomic E-state index is 10.1. The van der Waals surface area contributed by atoms with Crippen LogP contribution in [0.4, 0.5) is 34.1 Å². The van der Waals surface area contributed by atoms with E-state index < -0.39 is 214 Å². The number of hydrogen-bond donors (Lipinski definition) is 0. The summed E-state index contributed by atoms with van der Waals surface area (Å²) in [6, 6.07) is 0.223. The Bertz CT molecular complexity index is 6350. The van der Waals surface area contributed by atoms with Gasteiger partial charge in [0, 0.05) is 65.6 Å². The molecule has 6 aliphatic carbocycles. The normalized spacial score (nSPS) is 24.9. The van der Waals surface area contributed by atoms with Gasteiger partial charge in [-0.05, 0) is 182 Å². The number of para-hydroxylation sites is 6. The van der Waals surface area contributed by atoms with Crippen LogP contribution in [-0.2, 0) is 10.8 Å². The van der Waals surface area contributed by atoms with Crippen LogP contribution in [0.1, 0.15) is 127 Å². The van der Waals surface area contributed by atoms with Gasteiger partial charge in [-0.2, -0.15) is 0 Å². The molecule has 4 heterocycles. The molecule has 0 saturated heterocycles. The monoisotopic (exact) mass is 1130 g/mol. The van der Waals surface area contributed by atoms with Crippen LogP contribution in [0.5, 0.6) is 0 Å². The zero-order valence-corrected chi connectivity index (χ0v) is 46.4. The van der Waals surface area contributed by atoms with Gasteiger partial charge in [-0.15, -0.1) is 0 Å². The zero-order valence-electron chi connectivity index (χ0n) is 74.4. The van der Waals surface area contributed by atoms with Gasteiger partial charge in [0.2, 0.25) is 0 Å². The highest BCUT2D eigenvalue weighted by atomic mass is 15.2. The molecule has 86 heavy (non-hydrogen) atoms. The van der Waals surface area contributed by atoms with Crippen molar-refractivity contribution in [3.05, 3.63) is 253 Å². The van der Waals surface area contributed by atoms with Crippen molar-refractivity contribution in [2.45, 2.75) is 87.9 Å². The summed E-state index contributed by atoms with van der Waals surface area (Å²) in [5, 5.41) is 4.60. The van der Waals surface area contributed by atoms with E-state index in [1.807, 2.05) is 24.3 Å². The van der Waals surface area contributed by atoms with Gasteiger partial charge in [-0.3, -0.25) is 0 Å². The Kier molecular flexibility index (Phi) is 6.29. The van der Waals surface area contributed by atoms with Crippen molar-refractivity contribution < 1.29 is 38.4 Å². The van der Waals surface area contributed by atoms with Gasteiger partial charge >= 0.3 is 0 Å². The summed E-state index contributed by atoms with van der Waals surface area (Å²) < 4.78 is 266. The lowest BCUT2D eigenvalue weighted by molar-refractivity contribution is 0.137. The quantitative estimate of drug-likeness (QED) is 0.136. The number of anilines is 6. The van der Waals surface area contributed by atoms with Gasteiger partial charge in [0.25, 0.3) is 0 Å². The number of fused-ring (bicyclic) bond motifs is 18. The number of nitrogens with zero attached hydrogens (tertiary/aromatic N) is 4. The smallest absolute Gasteiger partial charge is 0.0645 e. The minimum atomic E-state index is -0.848. The Morgan fingerprint density at radius 3 is 1.09 bits per heavy atom. The topological polar surface area (TPSA) is 15.3 Å². The van der Waals surface area contributed by atoms with Crippen LogP contribution in [0.3, 0.4) is 0 Å². The lowest BCUT2D eigenvalue weighted by Gasteiger charge is -2.47. The fraction of sp³-hybridized carbons (Fsp3) is 0.195. The molecule has 0 atom stereocenters. The van der Waals surface area contributed by atoms with Gasteiger partial charge in [-0.1, -0.05) is 181 Å². The summed E-state index contributed by atoms with van der Waals surface area (Å²) in [5.74, 6) is 1.05. The second-order valence-electron chi connectivity index (χ2n) is 24.3. The summed E-state index contributed by atoms with van der Waals surface area (Å²) in [6.07, 6.45) is 10.8. The van der Waals surface area contributed by atoms with E-state index in [-0.39, 0.29) is 22.2 Å². The third-order valence-electron chi connectivity index (χ3n) is 20.5. The molecule has 414 valence electrons. The number of benzene rings is 11. The molecular weight excluding hydrogens is 1040 g/mol. The van der Waals surface area contributed by atoms with Crippen LogP contribution in [0, 0.1) is 11.8 Å². The van der Waals surface area contributed by atoms with Gasteiger partial charge in [0.1, 0.15) is 0 Å². The molecule has 0 spiro atoms. The highest BCUT2D eigenvalue weighted by Crippen LogP contribution is 2.59. The summed E-state index contributed by atoms with van der Waals surface area (Å²) in [5.41, 5.74) is 0.434. The Morgan fingerprint density at radius 2 is 0.698 bits per heavy atom. The Hall–Kier alpha value is -9.38. The van der Waals surface area contributed by atoms with Crippen molar-refractivity contribution in [2.24, 2.45) is 11.8 Å².